The van der Waals surface area contributed by atoms with Crippen molar-refractivity contribution in [1.29, 1.82) is 0 Å². The summed E-state index contributed by atoms with van der Waals surface area (Å²) in [6.45, 7) is 1.96. The molecule has 0 aromatic carbocycles. The Balaban J connectivity index is 1.97. The van der Waals surface area contributed by atoms with Crippen LogP contribution in [0.4, 0.5) is 5.69 Å². The first-order valence-corrected chi connectivity index (χ1v) is 6.63. The van der Waals surface area contributed by atoms with Crippen molar-refractivity contribution >= 4 is 11.7 Å². The molecule has 0 fully saturated rings. The van der Waals surface area contributed by atoms with Crippen molar-refractivity contribution in [1.82, 2.24) is 14.3 Å². The molecule has 2 rings (SSSR count). The number of aromatic nitrogens is 3. The molecule has 2 N–H and O–H groups in total. The highest BCUT2D eigenvalue weighted by molar-refractivity contribution is 5.69. The molecule has 0 amide bonds. The van der Waals surface area contributed by atoms with Crippen LogP contribution in [0.15, 0.2) is 29.2 Å². The van der Waals surface area contributed by atoms with E-state index in [-0.39, 0.29) is 18.7 Å². The Hall–Kier alpha value is -2.57. The number of ether oxygens (including phenoxy) is 1. The van der Waals surface area contributed by atoms with Crippen LogP contribution in [0.3, 0.4) is 0 Å². The lowest BCUT2D eigenvalue weighted by atomic mass is 10.3. The number of nitrogen functional groups attached to an aromatic ring is 1. The highest BCUT2D eigenvalue weighted by Crippen LogP contribution is 2.06. The summed E-state index contributed by atoms with van der Waals surface area (Å²) in [5.74, 6) is -0.498. The van der Waals surface area contributed by atoms with E-state index < -0.39 is 5.97 Å². The quantitative estimate of drug-likeness (QED) is 0.808. The van der Waals surface area contributed by atoms with Crippen molar-refractivity contribution in [3.05, 3.63) is 46.1 Å². The SMILES string of the molecule is CCc1cc(COC(=O)Cn2cc(N)ccc2=O)n(C)n1. The van der Waals surface area contributed by atoms with Gasteiger partial charge in [0.05, 0.1) is 11.4 Å². The Bertz CT molecular complexity index is 702. The highest BCUT2D eigenvalue weighted by atomic mass is 16.5. The molecule has 21 heavy (non-hydrogen) atoms. The number of nitrogens with two attached hydrogens (primary N) is 1. The summed E-state index contributed by atoms with van der Waals surface area (Å²) in [6.07, 6.45) is 2.24. The first-order valence-electron chi connectivity index (χ1n) is 6.63. The molecule has 0 aliphatic carbocycles. The minimum absolute atomic E-state index is 0.124. The molecule has 0 bridgehead atoms. The molecule has 0 atom stereocenters. The summed E-state index contributed by atoms with van der Waals surface area (Å²) in [5, 5.41) is 4.27. The van der Waals surface area contributed by atoms with Crippen molar-refractivity contribution in [3.8, 4) is 0 Å². The Morgan fingerprint density at radius 3 is 2.86 bits per heavy atom. The van der Waals surface area contributed by atoms with Crippen LogP contribution < -0.4 is 11.3 Å². The number of pyridine rings is 1. The van der Waals surface area contributed by atoms with E-state index in [1.54, 1.807) is 11.7 Å². The average Bonchev–Trinajstić information content (AvgIpc) is 2.81. The van der Waals surface area contributed by atoms with E-state index in [2.05, 4.69) is 5.10 Å². The minimum Gasteiger partial charge on any atom is -0.458 e. The summed E-state index contributed by atoms with van der Waals surface area (Å²) in [6, 6.07) is 4.70. The van der Waals surface area contributed by atoms with Crippen LogP contribution in [0.2, 0.25) is 0 Å². The van der Waals surface area contributed by atoms with Crippen LogP contribution in [-0.2, 0) is 36.2 Å². The molecule has 0 saturated heterocycles. The second kappa shape index (κ2) is 6.25. The van der Waals surface area contributed by atoms with Crippen LogP contribution in [-0.4, -0.2) is 20.3 Å². The predicted octanol–water partition coefficient (Wildman–Crippen LogP) is 0.470. The van der Waals surface area contributed by atoms with Crippen molar-refractivity contribution in [2.75, 3.05) is 5.73 Å². The van der Waals surface area contributed by atoms with Gasteiger partial charge in [0.15, 0.2) is 0 Å². The maximum atomic E-state index is 11.8. The molecule has 0 aliphatic heterocycles. The maximum Gasteiger partial charge on any atom is 0.326 e. The van der Waals surface area contributed by atoms with E-state index >= 15 is 0 Å². The van der Waals surface area contributed by atoms with Crippen LogP contribution in [0.5, 0.6) is 0 Å². The van der Waals surface area contributed by atoms with E-state index in [0.717, 1.165) is 17.8 Å². The molecular weight excluding hydrogens is 272 g/mol. The number of hydrogen-bond donors (Lipinski definition) is 1. The number of hydrogen-bond acceptors (Lipinski definition) is 5. The smallest absolute Gasteiger partial charge is 0.326 e. The minimum atomic E-state index is -0.498. The van der Waals surface area contributed by atoms with Crippen molar-refractivity contribution in [2.45, 2.75) is 26.5 Å². The second-order valence-corrected chi connectivity index (χ2v) is 4.69. The van der Waals surface area contributed by atoms with Gasteiger partial charge in [-0.15, -0.1) is 0 Å². The van der Waals surface area contributed by atoms with E-state index in [9.17, 15) is 9.59 Å². The van der Waals surface area contributed by atoms with Crippen LogP contribution in [0.1, 0.15) is 18.3 Å². The van der Waals surface area contributed by atoms with Crippen LogP contribution >= 0.6 is 0 Å². The molecule has 0 aliphatic rings. The first kappa shape index (κ1) is 14.8. The van der Waals surface area contributed by atoms with Crippen LogP contribution in [0, 0.1) is 0 Å². The summed E-state index contributed by atoms with van der Waals surface area (Å²) >= 11 is 0. The Morgan fingerprint density at radius 1 is 1.43 bits per heavy atom. The molecule has 7 heteroatoms. The maximum absolute atomic E-state index is 11.8. The van der Waals surface area contributed by atoms with E-state index in [4.69, 9.17) is 10.5 Å². The summed E-state index contributed by atoms with van der Waals surface area (Å²) in [4.78, 5) is 23.3. The second-order valence-electron chi connectivity index (χ2n) is 4.69. The number of esters is 1. The van der Waals surface area contributed by atoms with E-state index in [1.807, 2.05) is 13.0 Å². The topological polar surface area (TPSA) is 92.1 Å². The molecule has 0 unspecified atom stereocenters. The molecule has 0 spiro atoms. The fourth-order valence-corrected chi connectivity index (χ4v) is 1.89. The molecule has 0 radical (unpaired) electrons. The van der Waals surface area contributed by atoms with Gasteiger partial charge in [0, 0.05) is 25.0 Å². The van der Waals surface area contributed by atoms with Crippen LogP contribution in [0.25, 0.3) is 0 Å². The van der Waals surface area contributed by atoms with Gasteiger partial charge in [0.1, 0.15) is 13.2 Å². The first-order chi connectivity index (χ1) is 9.99. The van der Waals surface area contributed by atoms with E-state index in [1.165, 1.54) is 22.9 Å². The Labute approximate surface area is 121 Å². The van der Waals surface area contributed by atoms with Gasteiger partial charge in [-0.2, -0.15) is 5.10 Å². The summed E-state index contributed by atoms with van der Waals surface area (Å²) in [5.41, 5.74) is 7.45. The zero-order valence-corrected chi connectivity index (χ0v) is 12.1. The van der Waals surface area contributed by atoms with E-state index in [0.29, 0.717) is 5.69 Å². The lowest BCUT2D eigenvalue weighted by molar-refractivity contribution is -0.145. The molecule has 2 heterocycles. The van der Waals surface area contributed by atoms with Crippen molar-refractivity contribution in [3.63, 3.8) is 0 Å². The average molecular weight is 290 g/mol. The molecule has 7 nitrogen and oxygen atoms in total. The third-order valence-corrected chi connectivity index (χ3v) is 3.08. The number of carbonyl (C=O) groups excluding carboxylic acids is 1. The fraction of sp³-hybridized carbons (Fsp3) is 0.357. The number of carbonyl (C=O) groups is 1. The largest absolute Gasteiger partial charge is 0.458 e. The van der Waals surface area contributed by atoms with Crippen molar-refractivity contribution < 1.29 is 9.53 Å². The van der Waals surface area contributed by atoms with Gasteiger partial charge < -0.3 is 15.0 Å². The Kier molecular flexibility index (Phi) is 4.42. The number of nitrogens with zero attached hydrogens (tertiary/aromatic N) is 3. The lowest BCUT2D eigenvalue weighted by Crippen LogP contribution is -2.24. The van der Waals surface area contributed by atoms with Gasteiger partial charge in [-0.05, 0) is 18.6 Å². The Morgan fingerprint density at radius 2 is 2.19 bits per heavy atom. The van der Waals surface area contributed by atoms with Gasteiger partial charge in [0.25, 0.3) is 5.56 Å². The summed E-state index contributed by atoms with van der Waals surface area (Å²) < 4.78 is 8.07. The predicted molar refractivity (Wildman–Crippen MR) is 77.5 cm³/mol. The molecular formula is C14H18N4O3. The van der Waals surface area contributed by atoms with Gasteiger partial charge >= 0.3 is 5.97 Å². The van der Waals surface area contributed by atoms with Gasteiger partial charge in [-0.25, -0.2) is 0 Å². The molecule has 2 aromatic rings. The third kappa shape index (κ3) is 3.71. The molecule has 112 valence electrons. The molecule has 0 saturated carbocycles. The number of rotatable bonds is 5. The standard InChI is InChI=1S/C14H18N4O3/c1-3-11-6-12(17(2)16-11)9-21-14(20)8-18-7-10(15)4-5-13(18)19/h4-7H,3,8-9,15H2,1-2H3. The van der Waals surface area contributed by atoms with Gasteiger partial charge in [-0.3, -0.25) is 14.3 Å². The van der Waals surface area contributed by atoms with Crippen molar-refractivity contribution in [2.24, 2.45) is 7.05 Å². The number of anilines is 1. The zero-order chi connectivity index (χ0) is 15.4. The zero-order valence-electron chi connectivity index (χ0n) is 12.1. The summed E-state index contributed by atoms with van der Waals surface area (Å²) in [7, 11) is 1.80. The van der Waals surface area contributed by atoms with Gasteiger partial charge in [-0.1, -0.05) is 6.92 Å². The fourth-order valence-electron chi connectivity index (χ4n) is 1.89. The highest BCUT2D eigenvalue weighted by Gasteiger charge is 2.09. The van der Waals surface area contributed by atoms with Gasteiger partial charge in [0.2, 0.25) is 0 Å². The monoisotopic (exact) mass is 290 g/mol. The third-order valence-electron chi connectivity index (χ3n) is 3.08. The normalized spacial score (nSPS) is 10.6. The molecule has 2 aromatic heterocycles. The lowest BCUT2D eigenvalue weighted by Gasteiger charge is -2.07. The number of aryl methyl sites for hydroxylation is 2.